The summed E-state index contributed by atoms with van der Waals surface area (Å²) >= 11 is 5.99. The Morgan fingerprint density at radius 3 is 2.35 bits per heavy atom. The van der Waals surface area contributed by atoms with E-state index in [1.807, 2.05) is 24.3 Å². The minimum absolute atomic E-state index is 0. The summed E-state index contributed by atoms with van der Waals surface area (Å²) in [7, 11) is 0. The van der Waals surface area contributed by atoms with Crippen molar-refractivity contribution in [3.05, 3.63) is 64.7 Å². The molecule has 1 unspecified atom stereocenters. The lowest BCUT2D eigenvalue weighted by atomic mass is 9.97. The number of hydrogen-bond donors (Lipinski definition) is 3. The van der Waals surface area contributed by atoms with Crippen molar-refractivity contribution in [1.29, 1.82) is 0 Å². The van der Waals surface area contributed by atoms with Crippen molar-refractivity contribution >= 4 is 47.2 Å². The molecule has 1 aliphatic rings. The SMILES string of the molecule is CCNC(=NCc1ccc(N2CCC(CO)CC2)cc1)NC(C)c1ccc(Cl)cc1.I. The Morgan fingerprint density at radius 1 is 1.13 bits per heavy atom. The van der Waals surface area contributed by atoms with Gasteiger partial charge in [-0.1, -0.05) is 35.9 Å². The van der Waals surface area contributed by atoms with E-state index in [0.29, 0.717) is 19.1 Å². The molecular weight excluding hydrogens is 523 g/mol. The number of hydrogen-bond acceptors (Lipinski definition) is 3. The molecule has 1 saturated heterocycles. The van der Waals surface area contributed by atoms with Crippen LogP contribution in [0.4, 0.5) is 5.69 Å². The van der Waals surface area contributed by atoms with Crippen LogP contribution >= 0.6 is 35.6 Å². The minimum Gasteiger partial charge on any atom is -0.396 e. The molecule has 31 heavy (non-hydrogen) atoms. The number of aliphatic imine (C=N–C) groups is 1. The first kappa shape index (κ1) is 25.7. The van der Waals surface area contributed by atoms with Gasteiger partial charge in [-0.15, -0.1) is 24.0 Å². The molecule has 2 aromatic rings. The quantitative estimate of drug-likeness (QED) is 0.256. The highest BCUT2D eigenvalue weighted by Gasteiger charge is 2.18. The Balaban J connectivity index is 0.00000341. The lowest BCUT2D eigenvalue weighted by Crippen LogP contribution is -2.38. The summed E-state index contributed by atoms with van der Waals surface area (Å²) in [5.41, 5.74) is 3.60. The molecule has 3 N–H and O–H groups in total. The van der Waals surface area contributed by atoms with Gasteiger partial charge in [-0.05, 0) is 68.0 Å². The molecule has 0 saturated carbocycles. The molecule has 1 aliphatic heterocycles. The summed E-state index contributed by atoms with van der Waals surface area (Å²) < 4.78 is 0. The summed E-state index contributed by atoms with van der Waals surface area (Å²) in [5, 5.41) is 16.8. The first-order chi connectivity index (χ1) is 14.6. The molecule has 1 heterocycles. The number of benzene rings is 2. The zero-order chi connectivity index (χ0) is 21.3. The van der Waals surface area contributed by atoms with Gasteiger partial charge in [0, 0.05) is 37.0 Å². The molecule has 5 nitrogen and oxygen atoms in total. The van der Waals surface area contributed by atoms with Gasteiger partial charge >= 0.3 is 0 Å². The molecule has 0 spiro atoms. The fraction of sp³-hybridized carbons (Fsp3) is 0.458. The van der Waals surface area contributed by atoms with E-state index < -0.39 is 0 Å². The van der Waals surface area contributed by atoms with E-state index in [1.54, 1.807) is 0 Å². The molecule has 3 rings (SSSR count). The number of anilines is 1. The van der Waals surface area contributed by atoms with Crippen LogP contribution < -0.4 is 15.5 Å². The average Bonchev–Trinajstić information content (AvgIpc) is 2.78. The van der Waals surface area contributed by atoms with Crippen molar-refractivity contribution in [3.63, 3.8) is 0 Å². The number of aliphatic hydroxyl groups is 1. The molecular formula is C24H34ClIN4O. The normalized spacial score (nSPS) is 15.9. The zero-order valence-electron chi connectivity index (χ0n) is 18.4. The third-order valence-electron chi connectivity index (χ3n) is 5.66. The van der Waals surface area contributed by atoms with Gasteiger partial charge < -0.3 is 20.6 Å². The van der Waals surface area contributed by atoms with E-state index in [-0.39, 0.29) is 30.0 Å². The molecule has 7 heteroatoms. The van der Waals surface area contributed by atoms with Crippen LogP contribution in [0.25, 0.3) is 0 Å². The second-order valence-corrected chi connectivity index (χ2v) is 8.33. The van der Waals surface area contributed by atoms with Crippen LogP contribution in [0.2, 0.25) is 5.02 Å². The van der Waals surface area contributed by atoms with Crippen LogP contribution in [-0.4, -0.2) is 37.3 Å². The van der Waals surface area contributed by atoms with Crippen molar-refractivity contribution in [2.45, 2.75) is 39.3 Å². The molecule has 0 radical (unpaired) electrons. The van der Waals surface area contributed by atoms with Crippen molar-refractivity contribution in [1.82, 2.24) is 10.6 Å². The van der Waals surface area contributed by atoms with Crippen LogP contribution in [-0.2, 0) is 6.54 Å². The van der Waals surface area contributed by atoms with Gasteiger partial charge in [-0.25, -0.2) is 4.99 Å². The predicted octanol–water partition coefficient (Wildman–Crippen LogP) is 4.98. The third-order valence-corrected chi connectivity index (χ3v) is 5.91. The summed E-state index contributed by atoms with van der Waals surface area (Å²) in [6.07, 6.45) is 2.12. The molecule has 2 aromatic carbocycles. The molecule has 0 amide bonds. The van der Waals surface area contributed by atoms with E-state index >= 15 is 0 Å². The smallest absolute Gasteiger partial charge is 0.192 e. The summed E-state index contributed by atoms with van der Waals surface area (Å²) in [6, 6.07) is 16.7. The van der Waals surface area contributed by atoms with E-state index in [0.717, 1.165) is 43.5 Å². The van der Waals surface area contributed by atoms with Crippen molar-refractivity contribution < 1.29 is 5.11 Å². The lowest BCUT2D eigenvalue weighted by Gasteiger charge is -2.32. The number of aliphatic hydroxyl groups excluding tert-OH is 1. The molecule has 0 aliphatic carbocycles. The minimum atomic E-state index is 0. The van der Waals surface area contributed by atoms with Gasteiger partial charge in [0.05, 0.1) is 12.6 Å². The number of halogens is 2. The highest BCUT2D eigenvalue weighted by atomic mass is 127. The van der Waals surface area contributed by atoms with E-state index in [1.165, 1.54) is 16.8 Å². The monoisotopic (exact) mass is 556 g/mol. The molecule has 170 valence electrons. The Morgan fingerprint density at radius 2 is 1.77 bits per heavy atom. The van der Waals surface area contributed by atoms with Crippen LogP contribution in [0.3, 0.4) is 0 Å². The summed E-state index contributed by atoms with van der Waals surface area (Å²) in [4.78, 5) is 7.16. The van der Waals surface area contributed by atoms with Gasteiger partial charge in [0.2, 0.25) is 0 Å². The standard InChI is InChI=1S/C24H33ClN4O.HI/c1-3-26-24(28-18(2)21-6-8-22(25)9-7-21)27-16-19-4-10-23(11-5-19)29-14-12-20(17-30)13-15-29;/h4-11,18,20,30H,3,12-17H2,1-2H3,(H2,26,27,28);1H. The Hall–Kier alpha value is -1.51. The van der Waals surface area contributed by atoms with Crippen molar-refractivity contribution in [2.75, 3.05) is 31.1 Å². The second kappa shape index (κ2) is 13.1. The molecule has 0 bridgehead atoms. The maximum atomic E-state index is 9.31. The largest absolute Gasteiger partial charge is 0.396 e. The third kappa shape index (κ3) is 7.84. The predicted molar refractivity (Wildman–Crippen MR) is 142 cm³/mol. The number of nitrogens with zero attached hydrogens (tertiary/aromatic N) is 2. The highest BCUT2D eigenvalue weighted by Crippen LogP contribution is 2.23. The second-order valence-electron chi connectivity index (χ2n) is 7.89. The van der Waals surface area contributed by atoms with Crippen LogP contribution in [0.15, 0.2) is 53.5 Å². The van der Waals surface area contributed by atoms with Gasteiger partial charge in [-0.3, -0.25) is 0 Å². The van der Waals surface area contributed by atoms with E-state index in [9.17, 15) is 5.11 Å². The van der Waals surface area contributed by atoms with Gasteiger partial charge in [0.1, 0.15) is 0 Å². The van der Waals surface area contributed by atoms with Crippen molar-refractivity contribution in [2.24, 2.45) is 10.9 Å². The number of guanidine groups is 1. The van der Waals surface area contributed by atoms with Crippen LogP contribution in [0.5, 0.6) is 0 Å². The maximum Gasteiger partial charge on any atom is 0.192 e. The van der Waals surface area contributed by atoms with Crippen LogP contribution in [0.1, 0.15) is 43.9 Å². The fourth-order valence-electron chi connectivity index (χ4n) is 3.72. The van der Waals surface area contributed by atoms with Crippen molar-refractivity contribution in [3.8, 4) is 0 Å². The molecule has 1 atom stereocenters. The Bertz CT molecular complexity index is 805. The first-order valence-electron chi connectivity index (χ1n) is 10.8. The van der Waals surface area contributed by atoms with Gasteiger partial charge in [0.25, 0.3) is 0 Å². The van der Waals surface area contributed by atoms with Gasteiger partial charge in [-0.2, -0.15) is 0 Å². The highest BCUT2D eigenvalue weighted by molar-refractivity contribution is 14.0. The topological polar surface area (TPSA) is 59.9 Å². The maximum absolute atomic E-state index is 9.31. The summed E-state index contributed by atoms with van der Waals surface area (Å²) in [5.74, 6) is 1.26. The van der Waals surface area contributed by atoms with E-state index in [2.05, 4.69) is 53.6 Å². The fourth-order valence-corrected chi connectivity index (χ4v) is 3.84. The zero-order valence-corrected chi connectivity index (χ0v) is 21.4. The molecule has 0 aromatic heterocycles. The van der Waals surface area contributed by atoms with Gasteiger partial charge in [0.15, 0.2) is 5.96 Å². The van der Waals surface area contributed by atoms with Crippen LogP contribution in [0, 0.1) is 5.92 Å². The first-order valence-corrected chi connectivity index (χ1v) is 11.2. The Kier molecular flexibility index (Phi) is 10.9. The molecule has 1 fully saturated rings. The number of nitrogens with one attached hydrogen (secondary N) is 2. The van der Waals surface area contributed by atoms with E-state index in [4.69, 9.17) is 16.6 Å². The summed E-state index contributed by atoms with van der Waals surface area (Å²) in [6.45, 7) is 7.95. The lowest BCUT2D eigenvalue weighted by molar-refractivity contribution is 0.203. The Labute approximate surface area is 208 Å². The number of rotatable bonds is 7. The number of piperidine rings is 1. The average molecular weight is 557 g/mol.